The molecule has 1 aromatic heterocycles. The lowest BCUT2D eigenvalue weighted by Crippen LogP contribution is -2.04. The van der Waals surface area contributed by atoms with Gasteiger partial charge in [-0.05, 0) is 44.2 Å². The summed E-state index contributed by atoms with van der Waals surface area (Å²) in [4.78, 5) is 4.31. The number of pyridine rings is 1. The Kier molecular flexibility index (Phi) is 5.40. The van der Waals surface area contributed by atoms with E-state index < -0.39 is 0 Å². The minimum Gasteiger partial charge on any atom is -0.494 e. The van der Waals surface area contributed by atoms with Crippen molar-refractivity contribution in [2.75, 3.05) is 18.5 Å². The normalized spacial score (nSPS) is 10.2. The van der Waals surface area contributed by atoms with Crippen molar-refractivity contribution >= 4 is 11.5 Å². The topological polar surface area (TPSA) is 69.4 Å². The summed E-state index contributed by atoms with van der Waals surface area (Å²) in [6.07, 6.45) is 1.73. The zero-order chi connectivity index (χ0) is 15.1. The molecule has 5 heteroatoms. The zero-order valence-electron chi connectivity index (χ0n) is 12.4. The number of nitrogens with one attached hydrogen (secondary N) is 1. The highest BCUT2D eigenvalue weighted by Crippen LogP contribution is 2.28. The van der Waals surface area contributed by atoms with Gasteiger partial charge < -0.3 is 20.5 Å². The fourth-order valence-electron chi connectivity index (χ4n) is 2.01. The van der Waals surface area contributed by atoms with E-state index in [1.54, 1.807) is 6.20 Å². The van der Waals surface area contributed by atoms with Gasteiger partial charge in [0.2, 0.25) is 0 Å². The Balaban J connectivity index is 2.23. The highest BCUT2D eigenvalue weighted by atomic mass is 16.5. The van der Waals surface area contributed by atoms with Gasteiger partial charge in [-0.3, -0.25) is 0 Å². The molecule has 2 rings (SSSR count). The zero-order valence-corrected chi connectivity index (χ0v) is 12.4. The summed E-state index contributed by atoms with van der Waals surface area (Å²) in [5.41, 5.74) is 7.63. The van der Waals surface area contributed by atoms with Crippen LogP contribution in [0.3, 0.4) is 0 Å². The molecule has 0 spiro atoms. The lowest BCUT2D eigenvalue weighted by molar-refractivity contribution is 0.336. The molecule has 21 heavy (non-hydrogen) atoms. The molecule has 0 fully saturated rings. The van der Waals surface area contributed by atoms with Crippen LogP contribution in [0.2, 0.25) is 0 Å². The number of hydrogen-bond donors (Lipinski definition) is 2. The highest BCUT2D eigenvalue weighted by molar-refractivity contribution is 5.63. The summed E-state index contributed by atoms with van der Waals surface area (Å²) in [6.45, 7) is 5.53. The number of aromatic nitrogens is 1. The Bertz CT molecular complexity index is 587. The highest BCUT2D eigenvalue weighted by Gasteiger charge is 2.07. The average Bonchev–Trinajstić information content (AvgIpc) is 2.51. The van der Waals surface area contributed by atoms with E-state index in [-0.39, 0.29) is 0 Å². The van der Waals surface area contributed by atoms with E-state index in [0.717, 1.165) is 22.7 Å². The summed E-state index contributed by atoms with van der Waals surface area (Å²) in [7, 11) is 0. The van der Waals surface area contributed by atoms with E-state index in [2.05, 4.69) is 10.3 Å². The van der Waals surface area contributed by atoms with Crippen LogP contribution in [0, 0.1) is 0 Å². The second-order valence-electron chi connectivity index (χ2n) is 4.37. The van der Waals surface area contributed by atoms with Crippen LogP contribution in [0.25, 0.3) is 0 Å². The molecule has 1 heterocycles. The number of nitrogens with two attached hydrogens (primary N) is 1. The molecule has 0 bridgehead atoms. The summed E-state index contributed by atoms with van der Waals surface area (Å²) in [6, 6.07) is 9.55. The monoisotopic (exact) mass is 287 g/mol. The Morgan fingerprint density at radius 2 is 1.86 bits per heavy atom. The molecule has 1 aromatic carbocycles. The number of anilines is 2. The van der Waals surface area contributed by atoms with Crippen LogP contribution < -0.4 is 20.5 Å². The van der Waals surface area contributed by atoms with Crippen LogP contribution in [-0.2, 0) is 6.54 Å². The Hall–Kier alpha value is -2.27. The van der Waals surface area contributed by atoms with Crippen LogP contribution in [-0.4, -0.2) is 18.2 Å². The van der Waals surface area contributed by atoms with Crippen LogP contribution in [0.1, 0.15) is 19.4 Å². The van der Waals surface area contributed by atoms with E-state index in [0.29, 0.717) is 25.6 Å². The van der Waals surface area contributed by atoms with Crippen molar-refractivity contribution in [2.24, 2.45) is 5.73 Å². The third-order valence-corrected chi connectivity index (χ3v) is 2.91. The quantitative estimate of drug-likeness (QED) is 0.819. The fourth-order valence-corrected chi connectivity index (χ4v) is 2.01. The first-order valence-corrected chi connectivity index (χ1v) is 7.09. The van der Waals surface area contributed by atoms with Crippen molar-refractivity contribution in [1.29, 1.82) is 0 Å². The first-order valence-electron chi connectivity index (χ1n) is 7.09. The van der Waals surface area contributed by atoms with Gasteiger partial charge in [0.05, 0.1) is 13.2 Å². The predicted octanol–water partition coefficient (Wildman–Crippen LogP) is 3.08. The van der Waals surface area contributed by atoms with Crippen LogP contribution in [0.5, 0.6) is 11.5 Å². The van der Waals surface area contributed by atoms with Gasteiger partial charge in [0.15, 0.2) is 11.6 Å². The van der Waals surface area contributed by atoms with Crippen LogP contribution in [0.4, 0.5) is 11.5 Å². The Morgan fingerprint density at radius 1 is 1.10 bits per heavy atom. The van der Waals surface area contributed by atoms with Crippen molar-refractivity contribution in [3.63, 3.8) is 0 Å². The van der Waals surface area contributed by atoms with E-state index in [1.165, 1.54) is 0 Å². The van der Waals surface area contributed by atoms with Crippen molar-refractivity contribution < 1.29 is 9.47 Å². The summed E-state index contributed by atoms with van der Waals surface area (Å²) in [5, 5.41) is 3.25. The molecule has 0 aliphatic heterocycles. The number of ether oxygens (including phenoxy) is 2. The average molecular weight is 287 g/mol. The Morgan fingerprint density at radius 3 is 2.57 bits per heavy atom. The summed E-state index contributed by atoms with van der Waals surface area (Å²) < 4.78 is 11.1. The minimum atomic E-state index is 0.422. The van der Waals surface area contributed by atoms with Gasteiger partial charge in [0.25, 0.3) is 0 Å². The first-order chi connectivity index (χ1) is 10.3. The maximum atomic E-state index is 5.77. The smallest absolute Gasteiger partial charge is 0.173 e. The second-order valence-corrected chi connectivity index (χ2v) is 4.37. The maximum Gasteiger partial charge on any atom is 0.173 e. The number of hydrogen-bond acceptors (Lipinski definition) is 5. The summed E-state index contributed by atoms with van der Waals surface area (Å²) in [5.74, 6) is 2.23. The van der Waals surface area contributed by atoms with Gasteiger partial charge in [0.1, 0.15) is 5.75 Å². The predicted molar refractivity (Wildman–Crippen MR) is 84.2 cm³/mol. The summed E-state index contributed by atoms with van der Waals surface area (Å²) >= 11 is 0. The van der Waals surface area contributed by atoms with E-state index in [4.69, 9.17) is 15.2 Å². The maximum absolute atomic E-state index is 5.77. The van der Waals surface area contributed by atoms with Crippen molar-refractivity contribution in [3.05, 3.63) is 42.1 Å². The SMILES string of the molecule is CCOc1ccc(Nc2ncccc2OCC)cc1CN. The molecule has 0 aliphatic carbocycles. The lowest BCUT2D eigenvalue weighted by Gasteiger charge is -2.14. The molecule has 0 saturated carbocycles. The van der Waals surface area contributed by atoms with Crippen LogP contribution in [0.15, 0.2) is 36.5 Å². The molecule has 112 valence electrons. The number of nitrogens with zero attached hydrogens (tertiary/aromatic N) is 1. The molecule has 0 unspecified atom stereocenters. The molecule has 0 aliphatic rings. The molecule has 5 nitrogen and oxygen atoms in total. The number of rotatable bonds is 7. The third kappa shape index (κ3) is 3.86. The largest absolute Gasteiger partial charge is 0.494 e. The van der Waals surface area contributed by atoms with Crippen molar-refractivity contribution in [2.45, 2.75) is 20.4 Å². The van der Waals surface area contributed by atoms with Crippen molar-refractivity contribution in [1.82, 2.24) is 4.98 Å². The minimum absolute atomic E-state index is 0.422. The standard InChI is InChI=1S/C16H21N3O2/c1-3-20-14-8-7-13(10-12(14)11-17)19-16-15(21-4-2)6-5-9-18-16/h5-10H,3-4,11,17H2,1-2H3,(H,18,19). The van der Waals surface area contributed by atoms with Gasteiger partial charge in [-0.15, -0.1) is 0 Å². The number of benzene rings is 1. The molecule has 3 N–H and O–H groups in total. The van der Waals surface area contributed by atoms with Gasteiger partial charge in [-0.1, -0.05) is 0 Å². The Labute approximate surface area is 125 Å². The van der Waals surface area contributed by atoms with E-state index >= 15 is 0 Å². The second kappa shape index (κ2) is 7.50. The fraction of sp³-hybridized carbons (Fsp3) is 0.312. The molecular formula is C16H21N3O2. The molecular weight excluding hydrogens is 266 g/mol. The first kappa shape index (κ1) is 15.1. The van der Waals surface area contributed by atoms with E-state index in [1.807, 2.05) is 44.2 Å². The molecule has 0 radical (unpaired) electrons. The van der Waals surface area contributed by atoms with Crippen molar-refractivity contribution in [3.8, 4) is 11.5 Å². The third-order valence-electron chi connectivity index (χ3n) is 2.91. The lowest BCUT2D eigenvalue weighted by atomic mass is 10.1. The van der Waals surface area contributed by atoms with Gasteiger partial charge >= 0.3 is 0 Å². The molecule has 0 atom stereocenters. The van der Waals surface area contributed by atoms with Gasteiger partial charge in [0, 0.05) is 24.0 Å². The molecule has 2 aromatic rings. The van der Waals surface area contributed by atoms with Gasteiger partial charge in [-0.2, -0.15) is 0 Å². The molecule has 0 saturated heterocycles. The molecule has 0 amide bonds. The van der Waals surface area contributed by atoms with Gasteiger partial charge in [-0.25, -0.2) is 4.98 Å². The van der Waals surface area contributed by atoms with Crippen LogP contribution >= 0.6 is 0 Å². The van der Waals surface area contributed by atoms with E-state index in [9.17, 15) is 0 Å².